The number of amides is 1. The molecule has 4 rings (SSSR count). The van der Waals surface area contributed by atoms with Crippen molar-refractivity contribution in [2.45, 2.75) is 19.9 Å². The number of carbonyl (C=O) groups excluding carboxylic acids is 1. The van der Waals surface area contributed by atoms with Crippen LogP contribution in [0.25, 0.3) is 10.2 Å². The predicted octanol–water partition coefficient (Wildman–Crippen LogP) is 5.86. The van der Waals surface area contributed by atoms with Crippen molar-refractivity contribution < 1.29 is 4.79 Å². The van der Waals surface area contributed by atoms with E-state index < -0.39 is 0 Å². The molecule has 4 aromatic rings. The van der Waals surface area contributed by atoms with E-state index in [0.717, 1.165) is 26.7 Å². The highest BCUT2D eigenvalue weighted by Crippen LogP contribution is 2.31. The fourth-order valence-electron chi connectivity index (χ4n) is 2.94. The van der Waals surface area contributed by atoms with Gasteiger partial charge in [-0.1, -0.05) is 46.3 Å². The maximum atomic E-state index is 13.3. The minimum Gasteiger partial charge on any atom is -0.279 e. The fraction of sp³-hybridized carbons (Fsp3) is 0.136. The molecule has 0 bridgehead atoms. The lowest BCUT2D eigenvalue weighted by atomic mass is 10.2. The van der Waals surface area contributed by atoms with Gasteiger partial charge in [0.2, 0.25) is 0 Å². The molecule has 1 amide bonds. The molecule has 0 fully saturated rings. The van der Waals surface area contributed by atoms with E-state index in [2.05, 4.69) is 40.0 Å². The number of aromatic nitrogens is 2. The summed E-state index contributed by atoms with van der Waals surface area (Å²) in [6.07, 6.45) is 4.49. The molecule has 140 valence electrons. The number of thiazole rings is 1. The number of rotatable bonds is 5. The van der Waals surface area contributed by atoms with E-state index in [1.807, 2.05) is 42.5 Å². The summed E-state index contributed by atoms with van der Waals surface area (Å²) < 4.78 is 2.03. The number of anilines is 1. The Morgan fingerprint density at radius 3 is 2.64 bits per heavy atom. The van der Waals surface area contributed by atoms with Crippen molar-refractivity contribution in [3.05, 3.63) is 88.2 Å². The quantitative estimate of drug-likeness (QED) is 0.381. The Bertz CT molecular complexity index is 1110. The Hall–Kier alpha value is -2.57. The van der Waals surface area contributed by atoms with E-state index in [9.17, 15) is 4.79 Å². The first kappa shape index (κ1) is 18.8. The molecule has 0 spiro atoms. The van der Waals surface area contributed by atoms with Crippen LogP contribution >= 0.6 is 27.3 Å². The SMILES string of the molecule is CCc1ccc2nc(N(Cc3cccnc3)C(=O)c3ccc(Br)cc3)sc2c1. The van der Waals surface area contributed by atoms with Crippen LogP contribution in [0.2, 0.25) is 0 Å². The van der Waals surface area contributed by atoms with Crippen LogP contribution in [-0.4, -0.2) is 15.9 Å². The van der Waals surface area contributed by atoms with Crippen LogP contribution in [0.5, 0.6) is 0 Å². The lowest BCUT2D eigenvalue weighted by Gasteiger charge is -2.20. The molecule has 0 N–H and O–H groups in total. The molecule has 2 aromatic carbocycles. The first-order valence-electron chi connectivity index (χ1n) is 9.00. The second-order valence-corrected chi connectivity index (χ2v) is 8.34. The van der Waals surface area contributed by atoms with Crippen molar-refractivity contribution in [3.63, 3.8) is 0 Å². The Kier molecular flexibility index (Phi) is 5.50. The van der Waals surface area contributed by atoms with Crippen LogP contribution < -0.4 is 4.90 Å². The first-order chi connectivity index (χ1) is 13.6. The Labute approximate surface area is 176 Å². The lowest BCUT2D eigenvalue weighted by molar-refractivity contribution is 0.0985. The third-order valence-electron chi connectivity index (χ3n) is 4.48. The van der Waals surface area contributed by atoms with Gasteiger partial charge in [0.25, 0.3) is 5.91 Å². The number of carbonyl (C=O) groups is 1. The van der Waals surface area contributed by atoms with Crippen molar-refractivity contribution in [2.75, 3.05) is 4.90 Å². The number of halogens is 1. The van der Waals surface area contributed by atoms with Gasteiger partial charge in [0.1, 0.15) is 0 Å². The number of hydrogen-bond acceptors (Lipinski definition) is 4. The zero-order valence-electron chi connectivity index (χ0n) is 15.3. The van der Waals surface area contributed by atoms with Crippen LogP contribution in [0.1, 0.15) is 28.4 Å². The van der Waals surface area contributed by atoms with Gasteiger partial charge in [0.05, 0.1) is 16.8 Å². The average Bonchev–Trinajstić information content (AvgIpc) is 3.15. The average molecular weight is 452 g/mol. The topological polar surface area (TPSA) is 46.1 Å². The lowest BCUT2D eigenvalue weighted by Crippen LogP contribution is -2.30. The van der Waals surface area contributed by atoms with E-state index in [1.165, 1.54) is 5.56 Å². The molecule has 6 heteroatoms. The van der Waals surface area contributed by atoms with Gasteiger partial charge in [-0.3, -0.25) is 14.7 Å². The highest BCUT2D eigenvalue weighted by atomic mass is 79.9. The molecule has 2 heterocycles. The van der Waals surface area contributed by atoms with Crippen molar-refractivity contribution in [1.82, 2.24) is 9.97 Å². The summed E-state index contributed by atoms with van der Waals surface area (Å²) in [4.78, 5) is 24.0. The standard InChI is InChI=1S/C22H18BrN3OS/c1-2-15-5-10-19-20(12-15)28-22(25-19)26(14-16-4-3-11-24-13-16)21(27)17-6-8-18(23)9-7-17/h3-13H,2,14H2,1H3. The second-order valence-electron chi connectivity index (χ2n) is 6.41. The Morgan fingerprint density at radius 1 is 1.11 bits per heavy atom. The number of fused-ring (bicyclic) bond motifs is 1. The maximum absolute atomic E-state index is 13.3. The van der Waals surface area contributed by atoms with Crippen LogP contribution in [0.3, 0.4) is 0 Å². The van der Waals surface area contributed by atoms with Gasteiger partial charge >= 0.3 is 0 Å². The maximum Gasteiger partial charge on any atom is 0.260 e. The summed E-state index contributed by atoms with van der Waals surface area (Å²) in [6.45, 7) is 2.55. The molecular formula is C22H18BrN3OS. The first-order valence-corrected chi connectivity index (χ1v) is 10.6. The number of nitrogens with zero attached hydrogens (tertiary/aromatic N) is 3. The van der Waals surface area contributed by atoms with Crippen LogP contribution in [0.4, 0.5) is 5.13 Å². The largest absolute Gasteiger partial charge is 0.279 e. The van der Waals surface area contributed by atoms with Crippen LogP contribution in [0.15, 0.2) is 71.5 Å². The van der Waals surface area contributed by atoms with Crippen LogP contribution in [-0.2, 0) is 13.0 Å². The molecule has 2 aromatic heterocycles. The molecular weight excluding hydrogens is 434 g/mol. The molecule has 0 aliphatic heterocycles. The van der Waals surface area contributed by atoms with Gasteiger partial charge < -0.3 is 0 Å². The van der Waals surface area contributed by atoms with Gasteiger partial charge in [-0.05, 0) is 60.0 Å². The van der Waals surface area contributed by atoms with E-state index in [4.69, 9.17) is 4.98 Å². The summed E-state index contributed by atoms with van der Waals surface area (Å²) in [6, 6.07) is 17.5. The monoisotopic (exact) mass is 451 g/mol. The summed E-state index contributed by atoms with van der Waals surface area (Å²) in [5.41, 5.74) is 3.76. The van der Waals surface area contributed by atoms with E-state index in [0.29, 0.717) is 17.2 Å². The smallest absolute Gasteiger partial charge is 0.260 e. The minimum absolute atomic E-state index is 0.0777. The summed E-state index contributed by atoms with van der Waals surface area (Å²) in [5.74, 6) is -0.0777. The number of aryl methyl sites for hydroxylation is 1. The van der Waals surface area contributed by atoms with Gasteiger partial charge in [-0.15, -0.1) is 0 Å². The highest BCUT2D eigenvalue weighted by Gasteiger charge is 2.22. The number of benzene rings is 2. The van der Waals surface area contributed by atoms with Crippen molar-refractivity contribution in [2.24, 2.45) is 0 Å². The Morgan fingerprint density at radius 2 is 1.93 bits per heavy atom. The summed E-state index contributed by atoms with van der Waals surface area (Å²) >= 11 is 4.97. The molecule has 0 saturated heterocycles. The van der Waals surface area contributed by atoms with Gasteiger partial charge in [0.15, 0.2) is 5.13 Å². The predicted molar refractivity (Wildman–Crippen MR) is 118 cm³/mol. The molecule has 0 unspecified atom stereocenters. The highest BCUT2D eigenvalue weighted by molar-refractivity contribution is 9.10. The third kappa shape index (κ3) is 3.98. The third-order valence-corrected chi connectivity index (χ3v) is 6.05. The van der Waals surface area contributed by atoms with E-state index in [1.54, 1.807) is 28.6 Å². The molecule has 0 atom stereocenters. The molecule has 4 nitrogen and oxygen atoms in total. The Balaban J connectivity index is 1.75. The fourth-order valence-corrected chi connectivity index (χ4v) is 4.23. The van der Waals surface area contributed by atoms with Crippen molar-refractivity contribution in [1.29, 1.82) is 0 Å². The zero-order chi connectivity index (χ0) is 19.5. The number of hydrogen-bond donors (Lipinski definition) is 0. The summed E-state index contributed by atoms with van der Waals surface area (Å²) in [5, 5.41) is 0.694. The molecule has 0 radical (unpaired) electrons. The van der Waals surface area contributed by atoms with Crippen molar-refractivity contribution in [3.8, 4) is 0 Å². The van der Waals surface area contributed by atoms with Gasteiger partial charge in [-0.25, -0.2) is 4.98 Å². The molecule has 0 aliphatic carbocycles. The van der Waals surface area contributed by atoms with Gasteiger partial charge in [0, 0.05) is 22.4 Å². The summed E-state index contributed by atoms with van der Waals surface area (Å²) in [7, 11) is 0. The zero-order valence-corrected chi connectivity index (χ0v) is 17.7. The van der Waals surface area contributed by atoms with Gasteiger partial charge in [-0.2, -0.15) is 0 Å². The minimum atomic E-state index is -0.0777. The van der Waals surface area contributed by atoms with Crippen LogP contribution in [0, 0.1) is 0 Å². The molecule has 0 aliphatic rings. The van der Waals surface area contributed by atoms with Crippen molar-refractivity contribution >= 4 is 48.5 Å². The van der Waals surface area contributed by atoms with E-state index >= 15 is 0 Å². The molecule has 28 heavy (non-hydrogen) atoms. The molecule has 0 saturated carbocycles. The van der Waals surface area contributed by atoms with E-state index in [-0.39, 0.29) is 5.91 Å². The normalized spacial score (nSPS) is 10.9. The number of pyridine rings is 1. The second kappa shape index (κ2) is 8.20.